The molecule has 0 spiro atoms. The highest BCUT2D eigenvalue weighted by molar-refractivity contribution is 7.91. The van der Waals surface area contributed by atoms with Gasteiger partial charge in [-0.2, -0.15) is 0 Å². The molecule has 18 heavy (non-hydrogen) atoms. The summed E-state index contributed by atoms with van der Waals surface area (Å²) in [7, 11) is -2.98. The van der Waals surface area contributed by atoms with Crippen LogP contribution >= 0.6 is 0 Å². The van der Waals surface area contributed by atoms with Crippen LogP contribution in [0.25, 0.3) is 0 Å². The molecule has 5 nitrogen and oxygen atoms in total. The van der Waals surface area contributed by atoms with E-state index >= 15 is 0 Å². The average molecular weight is 268 g/mol. The van der Waals surface area contributed by atoms with Gasteiger partial charge >= 0.3 is 0 Å². The fourth-order valence-electron chi connectivity index (χ4n) is 2.07. The molecule has 1 unspecified atom stereocenters. The van der Waals surface area contributed by atoms with Crippen LogP contribution in [0.15, 0.2) is 18.2 Å². The van der Waals surface area contributed by atoms with Crippen LogP contribution in [-0.2, 0) is 9.84 Å². The molecule has 0 aliphatic carbocycles. The maximum absolute atomic E-state index is 12.0. The molecule has 1 aliphatic rings. The number of amides is 1. The van der Waals surface area contributed by atoms with Gasteiger partial charge < -0.3 is 11.1 Å². The smallest absolute Gasteiger partial charge is 0.251 e. The fourth-order valence-corrected chi connectivity index (χ4v) is 3.74. The molecule has 3 N–H and O–H groups in total. The van der Waals surface area contributed by atoms with E-state index in [0.29, 0.717) is 17.7 Å². The number of carbonyl (C=O) groups is 1. The van der Waals surface area contributed by atoms with E-state index in [2.05, 4.69) is 5.32 Å². The molecule has 0 aromatic heterocycles. The van der Waals surface area contributed by atoms with Crippen LogP contribution in [0.2, 0.25) is 0 Å². The van der Waals surface area contributed by atoms with Gasteiger partial charge in [-0.3, -0.25) is 4.79 Å². The molecule has 1 fully saturated rings. The Hall–Kier alpha value is -1.56. The van der Waals surface area contributed by atoms with Crippen LogP contribution in [0.3, 0.4) is 0 Å². The highest BCUT2D eigenvalue weighted by Gasteiger charge is 2.29. The van der Waals surface area contributed by atoms with Gasteiger partial charge in [0.15, 0.2) is 9.84 Å². The van der Waals surface area contributed by atoms with Crippen molar-refractivity contribution in [2.45, 2.75) is 19.4 Å². The molecule has 6 heteroatoms. The molecular weight excluding hydrogens is 252 g/mol. The third-order valence-corrected chi connectivity index (χ3v) is 4.96. The van der Waals surface area contributed by atoms with Crippen molar-refractivity contribution in [3.8, 4) is 0 Å². The minimum absolute atomic E-state index is 0.0279. The Kier molecular flexibility index (Phi) is 3.30. The monoisotopic (exact) mass is 268 g/mol. The average Bonchev–Trinajstić information content (AvgIpc) is 2.62. The number of nitrogen functional groups attached to an aromatic ring is 1. The van der Waals surface area contributed by atoms with E-state index in [0.717, 1.165) is 5.56 Å². The van der Waals surface area contributed by atoms with Gasteiger partial charge in [-0.25, -0.2) is 8.42 Å². The van der Waals surface area contributed by atoms with E-state index < -0.39 is 9.84 Å². The van der Waals surface area contributed by atoms with Crippen LogP contribution in [-0.4, -0.2) is 31.9 Å². The Morgan fingerprint density at radius 2 is 2.17 bits per heavy atom. The first-order valence-electron chi connectivity index (χ1n) is 5.75. The number of rotatable bonds is 2. The Labute approximate surface area is 106 Å². The minimum atomic E-state index is -2.98. The summed E-state index contributed by atoms with van der Waals surface area (Å²) in [4.78, 5) is 12.0. The SMILES string of the molecule is Cc1c(N)cccc1C(=O)NC1CCS(=O)(=O)C1. The lowest BCUT2D eigenvalue weighted by Gasteiger charge is -2.13. The summed E-state index contributed by atoms with van der Waals surface area (Å²) in [5.74, 6) is -0.0876. The van der Waals surface area contributed by atoms with Crippen molar-refractivity contribution in [2.75, 3.05) is 17.2 Å². The van der Waals surface area contributed by atoms with E-state index in [4.69, 9.17) is 5.73 Å². The summed E-state index contributed by atoms with van der Waals surface area (Å²) in [6.45, 7) is 1.77. The predicted octanol–water partition coefficient (Wildman–Crippen LogP) is 0.494. The summed E-state index contributed by atoms with van der Waals surface area (Å²) in [6.07, 6.45) is 0.482. The van der Waals surface area contributed by atoms with Gasteiger partial charge in [0.05, 0.1) is 11.5 Å². The van der Waals surface area contributed by atoms with Gasteiger partial charge in [0.2, 0.25) is 0 Å². The maximum atomic E-state index is 12.0. The lowest BCUT2D eigenvalue weighted by atomic mass is 10.1. The number of sulfone groups is 1. The molecule has 1 aliphatic heterocycles. The van der Waals surface area contributed by atoms with Crippen molar-refractivity contribution < 1.29 is 13.2 Å². The zero-order valence-corrected chi connectivity index (χ0v) is 11.0. The van der Waals surface area contributed by atoms with Crippen molar-refractivity contribution in [3.63, 3.8) is 0 Å². The molecule has 1 amide bonds. The molecule has 0 radical (unpaired) electrons. The quantitative estimate of drug-likeness (QED) is 0.764. The molecule has 0 saturated carbocycles. The van der Waals surface area contributed by atoms with E-state index in [1.165, 1.54) is 0 Å². The second-order valence-corrected chi connectivity index (χ2v) is 6.82. The van der Waals surface area contributed by atoms with Crippen molar-refractivity contribution >= 4 is 21.4 Å². The van der Waals surface area contributed by atoms with Crippen LogP contribution in [0.4, 0.5) is 5.69 Å². The van der Waals surface area contributed by atoms with Crippen LogP contribution in [0.1, 0.15) is 22.3 Å². The topological polar surface area (TPSA) is 89.3 Å². The van der Waals surface area contributed by atoms with Crippen LogP contribution in [0.5, 0.6) is 0 Å². The molecule has 0 bridgehead atoms. The molecule has 98 valence electrons. The molecule has 1 aromatic carbocycles. The molecule has 1 aromatic rings. The van der Waals surface area contributed by atoms with Crippen molar-refractivity contribution in [2.24, 2.45) is 0 Å². The largest absolute Gasteiger partial charge is 0.398 e. The molecule has 1 heterocycles. The van der Waals surface area contributed by atoms with Crippen molar-refractivity contribution in [3.05, 3.63) is 29.3 Å². The maximum Gasteiger partial charge on any atom is 0.251 e. The molecular formula is C12H16N2O3S. The van der Waals surface area contributed by atoms with Crippen LogP contribution < -0.4 is 11.1 Å². The van der Waals surface area contributed by atoms with E-state index in [-0.39, 0.29) is 23.5 Å². The Balaban J connectivity index is 2.11. The normalized spacial score (nSPS) is 21.7. The summed E-state index contributed by atoms with van der Waals surface area (Å²) in [6, 6.07) is 4.84. The van der Waals surface area contributed by atoms with Crippen molar-refractivity contribution in [1.29, 1.82) is 0 Å². The Morgan fingerprint density at radius 1 is 1.44 bits per heavy atom. The summed E-state index contributed by atoms with van der Waals surface area (Å²) in [5, 5.41) is 2.75. The summed E-state index contributed by atoms with van der Waals surface area (Å²) in [5.41, 5.74) is 7.51. The number of hydrogen-bond donors (Lipinski definition) is 2. The summed E-state index contributed by atoms with van der Waals surface area (Å²) >= 11 is 0. The van der Waals surface area contributed by atoms with E-state index in [9.17, 15) is 13.2 Å². The zero-order chi connectivity index (χ0) is 13.3. The van der Waals surface area contributed by atoms with Gasteiger partial charge in [0.1, 0.15) is 0 Å². The number of benzene rings is 1. The minimum Gasteiger partial charge on any atom is -0.398 e. The number of carbonyl (C=O) groups excluding carboxylic acids is 1. The molecule has 1 saturated heterocycles. The van der Waals surface area contributed by atoms with Gasteiger partial charge in [0.25, 0.3) is 5.91 Å². The lowest BCUT2D eigenvalue weighted by molar-refractivity contribution is 0.0940. The van der Waals surface area contributed by atoms with E-state index in [1.807, 2.05) is 0 Å². The molecule has 2 rings (SSSR count). The first-order valence-corrected chi connectivity index (χ1v) is 7.57. The Morgan fingerprint density at radius 3 is 2.78 bits per heavy atom. The fraction of sp³-hybridized carbons (Fsp3) is 0.417. The second-order valence-electron chi connectivity index (χ2n) is 4.59. The summed E-state index contributed by atoms with van der Waals surface area (Å²) < 4.78 is 22.6. The first-order chi connectivity index (χ1) is 8.39. The van der Waals surface area contributed by atoms with Gasteiger partial charge in [-0.1, -0.05) is 6.07 Å². The predicted molar refractivity (Wildman–Crippen MR) is 70.1 cm³/mol. The number of nitrogens with two attached hydrogens (primary N) is 1. The standard InChI is InChI=1S/C12H16N2O3S/c1-8-10(3-2-4-11(8)13)12(15)14-9-5-6-18(16,17)7-9/h2-4,9H,5-7,13H2,1H3,(H,14,15). The number of nitrogens with one attached hydrogen (secondary N) is 1. The van der Waals surface area contributed by atoms with Gasteiger partial charge in [0, 0.05) is 17.3 Å². The zero-order valence-electron chi connectivity index (χ0n) is 10.1. The lowest BCUT2D eigenvalue weighted by Crippen LogP contribution is -2.36. The number of hydrogen-bond acceptors (Lipinski definition) is 4. The Bertz CT molecular complexity index is 581. The first kappa shape index (κ1) is 12.9. The highest BCUT2D eigenvalue weighted by Crippen LogP contribution is 2.17. The third-order valence-electron chi connectivity index (χ3n) is 3.19. The second kappa shape index (κ2) is 4.61. The van der Waals surface area contributed by atoms with Gasteiger partial charge in [-0.15, -0.1) is 0 Å². The highest BCUT2D eigenvalue weighted by atomic mass is 32.2. The van der Waals surface area contributed by atoms with Gasteiger partial charge in [-0.05, 0) is 31.0 Å². The van der Waals surface area contributed by atoms with E-state index in [1.54, 1.807) is 25.1 Å². The van der Waals surface area contributed by atoms with Crippen LogP contribution in [0, 0.1) is 6.92 Å². The number of anilines is 1. The third kappa shape index (κ3) is 2.64. The molecule has 1 atom stereocenters. The van der Waals surface area contributed by atoms with Crippen molar-refractivity contribution in [1.82, 2.24) is 5.32 Å².